The summed E-state index contributed by atoms with van der Waals surface area (Å²) in [7, 11) is -3.25. The SMILES string of the molecule is CC1=C(c2ccc(NS(C)(=O)=O)cc2)N2C(=N[C@H]3CCCC[C@@H]32)S1. The molecule has 4 rings (SSSR count). The van der Waals surface area contributed by atoms with Gasteiger partial charge >= 0.3 is 0 Å². The third-order valence-corrected chi connectivity index (χ3v) is 6.38. The second kappa shape index (κ2) is 5.81. The second-order valence-corrected chi connectivity index (χ2v) is 9.59. The van der Waals surface area contributed by atoms with Crippen molar-refractivity contribution in [1.29, 1.82) is 0 Å². The molecule has 1 saturated carbocycles. The second-order valence-electron chi connectivity index (χ2n) is 6.66. The van der Waals surface area contributed by atoms with E-state index in [0.717, 1.165) is 17.0 Å². The third kappa shape index (κ3) is 2.84. The van der Waals surface area contributed by atoms with Crippen LogP contribution in [0.2, 0.25) is 0 Å². The van der Waals surface area contributed by atoms with Crippen LogP contribution in [-0.2, 0) is 10.0 Å². The van der Waals surface area contributed by atoms with Gasteiger partial charge in [-0.15, -0.1) is 0 Å². The molecule has 1 N–H and O–H groups in total. The minimum absolute atomic E-state index is 0.440. The maximum atomic E-state index is 11.4. The van der Waals surface area contributed by atoms with Gasteiger partial charge in [0.2, 0.25) is 10.0 Å². The Balaban J connectivity index is 1.63. The van der Waals surface area contributed by atoms with Gasteiger partial charge in [0.1, 0.15) is 0 Å². The van der Waals surface area contributed by atoms with Crippen LogP contribution in [0.1, 0.15) is 38.2 Å². The maximum absolute atomic E-state index is 11.4. The molecule has 0 aromatic heterocycles. The van der Waals surface area contributed by atoms with Gasteiger partial charge in [-0.3, -0.25) is 9.71 Å². The largest absolute Gasteiger partial charge is 0.314 e. The summed E-state index contributed by atoms with van der Waals surface area (Å²) < 4.78 is 25.2. The first-order valence-corrected chi connectivity index (χ1v) is 11.0. The summed E-state index contributed by atoms with van der Waals surface area (Å²) in [6.45, 7) is 2.14. The van der Waals surface area contributed by atoms with Crippen LogP contribution < -0.4 is 4.72 Å². The molecule has 0 radical (unpaired) electrons. The van der Waals surface area contributed by atoms with Gasteiger partial charge in [-0.2, -0.15) is 0 Å². The molecule has 1 aromatic rings. The Morgan fingerprint density at radius 2 is 1.92 bits per heavy atom. The van der Waals surface area contributed by atoms with Crippen LogP contribution in [0.3, 0.4) is 0 Å². The highest BCUT2D eigenvalue weighted by atomic mass is 32.2. The maximum Gasteiger partial charge on any atom is 0.229 e. The van der Waals surface area contributed by atoms with Crippen LogP contribution in [0.15, 0.2) is 34.2 Å². The molecule has 0 bridgehead atoms. The van der Waals surface area contributed by atoms with Crippen molar-refractivity contribution in [2.75, 3.05) is 11.0 Å². The Kier molecular flexibility index (Phi) is 3.88. The lowest BCUT2D eigenvalue weighted by atomic mass is 9.90. The number of nitrogens with zero attached hydrogens (tertiary/aromatic N) is 2. The molecule has 3 aliphatic rings. The highest BCUT2D eigenvalue weighted by Gasteiger charge is 2.43. The Morgan fingerprint density at radius 1 is 1.21 bits per heavy atom. The summed E-state index contributed by atoms with van der Waals surface area (Å²) in [5, 5.41) is 1.14. The Bertz CT molecular complexity index is 828. The number of sulfonamides is 1. The first-order chi connectivity index (χ1) is 11.4. The van der Waals surface area contributed by atoms with E-state index in [4.69, 9.17) is 4.99 Å². The summed E-state index contributed by atoms with van der Waals surface area (Å²) in [6, 6.07) is 8.56. The molecule has 1 aromatic carbocycles. The van der Waals surface area contributed by atoms with Crippen LogP contribution in [0.25, 0.3) is 5.70 Å². The van der Waals surface area contributed by atoms with E-state index in [-0.39, 0.29) is 0 Å². The van der Waals surface area contributed by atoms with Crippen molar-refractivity contribution >= 4 is 38.3 Å². The van der Waals surface area contributed by atoms with E-state index in [0.29, 0.717) is 17.8 Å². The molecule has 0 spiro atoms. The molecule has 5 nitrogen and oxygen atoms in total. The summed E-state index contributed by atoms with van der Waals surface area (Å²) in [4.78, 5) is 8.62. The monoisotopic (exact) mass is 363 g/mol. The average molecular weight is 364 g/mol. The molecule has 0 saturated heterocycles. The summed E-state index contributed by atoms with van der Waals surface area (Å²) in [5.41, 5.74) is 2.95. The molecule has 24 heavy (non-hydrogen) atoms. The predicted octanol–water partition coefficient (Wildman–Crippen LogP) is 3.48. The van der Waals surface area contributed by atoms with Crippen LogP contribution in [0.5, 0.6) is 0 Å². The fraction of sp³-hybridized carbons (Fsp3) is 0.471. The van der Waals surface area contributed by atoms with Crippen LogP contribution in [0.4, 0.5) is 5.69 Å². The van der Waals surface area contributed by atoms with Gasteiger partial charge in [0.05, 0.1) is 24.0 Å². The van der Waals surface area contributed by atoms with Gasteiger partial charge in [0, 0.05) is 10.6 Å². The highest BCUT2D eigenvalue weighted by molar-refractivity contribution is 8.17. The first kappa shape index (κ1) is 16.0. The third-order valence-electron chi connectivity index (χ3n) is 4.79. The lowest BCUT2D eigenvalue weighted by Crippen LogP contribution is -2.38. The molecule has 2 atom stereocenters. The van der Waals surface area contributed by atoms with Gasteiger partial charge in [-0.25, -0.2) is 8.42 Å². The van der Waals surface area contributed by atoms with E-state index >= 15 is 0 Å². The number of rotatable bonds is 3. The number of nitrogens with one attached hydrogen (secondary N) is 1. The zero-order valence-electron chi connectivity index (χ0n) is 13.8. The van der Waals surface area contributed by atoms with Gasteiger partial charge in [-0.05, 0) is 37.5 Å². The number of thioether (sulfide) groups is 1. The zero-order chi connectivity index (χ0) is 16.9. The summed E-state index contributed by atoms with van der Waals surface area (Å²) in [6.07, 6.45) is 6.10. The molecule has 7 heteroatoms. The fourth-order valence-corrected chi connectivity index (χ4v) is 5.50. The standard InChI is InChI=1S/C17H21N3O2S2/c1-11-16(12-7-9-13(10-8-12)19-24(2,21)22)20-15-6-4-3-5-14(15)18-17(20)23-11/h7-10,14-15,19H,3-6H2,1-2H3/t14-,15-/m0/s1. The molecular weight excluding hydrogens is 342 g/mol. The van der Waals surface area contributed by atoms with Crippen molar-refractivity contribution in [3.05, 3.63) is 34.7 Å². The van der Waals surface area contributed by atoms with Crippen molar-refractivity contribution in [3.63, 3.8) is 0 Å². The van der Waals surface area contributed by atoms with E-state index < -0.39 is 10.0 Å². The molecule has 2 aliphatic heterocycles. The number of anilines is 1. The minimum atomic E-state index is -3.25. The van der Waals surface area contributed by atoms with Crippen molar-refractivity contribution in [2.24, 2.45) is 4.99 Å². The Labute approximate surface area is 147 Å². The lowest BCUT2D eigenvalue weighted by molar-refractivity contribution is 0.305. The number of hydrogen-bond donors (Lipinski definition) is 1. The molecule has 1 aliphatic carbocycles. The quantitative estimate of drug-likeness (QED) is 0.893. The van der Waals surface area contributed by atoms with Crippen molar-refractivity contribution in [2.45, 2.75) is 44.7 Å². The summed E-state index contributed by atoms with van der Waals surface area (Å²) in [5.74, 6) is 0. The molecule has 2 heterocycles. The number of amidine groups is 1. The van der Waals surface area contributed by atoms with Crippen LogP contribution in [-0.4, -0.2) is 36.8 Å². The van der Waals surface area contributed by atoms with Crippen molar-refractivity contribution < 1.29 is 8.42 Å². The van der Waals surface area contributed by atoms with Crippen molar-refractivity contribution in [3.8, 4) is 0 Å². The van der Waals surface area contributed by atoms with Gasteiger partial charge in [0.15, 0.2) is 5.17 Å². The molecule has 128 valence electrons. The van der Waals surface area contributed by atoms with Gasteiger partial charge < -0.3 is 4.90 Å². The van der Waals surface area contributed by atoms with E-state index in [9.17, 15) is 8.42 Å². The van der Waals surface area contributed by atoms with E-state index in [2.05, 4.69) is 16.5 Å². The smallest absolute Gasteiger partial charge is 0.229 e. The number of aliphatic imine (C=N–C) groups is 1. The first-order valence-electron chi connectivity index (χ1n) is 8.26. The van der Waals surface area contributed by atoms with E-state index in [1.54, 1.807) is 11.8 Å². The number of hydrogen-bond acceptors (Lipinski definition) is 5. The highest BCUT2D eigenvalue weighted by Crippen LogP contribution is 2.47. The minimum Gasteiger partial charge on any atom is -0.314 e. The fourth-order valence-electron chi connectivity index (χ4n) is 3.83. The lowest BCUT2D eigenvalue weighted by Gasteiger charge is -2.32. The van der Waals surface area contributed by atoms with E-state index in [1.807, 2.05) is 24.3 Å². The van der Waals surface area contributed by atoms with Crippen LogP contribution in [0, 0.1) is 0 Å². The van der Waals surface area contributed by atoms with Gasteiger partial charge in [-0.1, -0.05) is 36.7 Å². The van der Waals surface area contributed by atoms with E-state index in [1.165, 1.54) is 36.3 Å². The zero-order valence-corrected chi connectivity index (χ0v) is 15.5. The topological polar surface area (TPSA) is 61.8 Å². The van der Waals surface area contributed by atoms with Gasteiger partial charge in [0.25, 0.3) is 0 Å². The van der Waals surface area contributed by atoms with Crippen LogP contribution >= 0.6 is 11.8 Å². The Hall–Kier alpha value is -1.47. The normalized spacial score (nSPS) is 26.2. The van der Waals surface area contributed by atoms with Crippen molar-refractivity contribution in [1.82, 2.24) is 4.90 Å². The number of benzene rings is 1. The number of fused-ring (bicyclic) bond motifs is 3. The molecule has 0 unspecified atom stereocenters. The molecule has 1 fully saturated rings. The number of allylic oxidation sites excluding steroid dienone is 1. The predicted molar refractivity (Wildman–Crippen MR) is 100 cm³/mol. The average Bonchev–Trinajstić information content (AvgIpc) is 3.01. The molecular formula is C17H21N3O2S2. The Morgan fingerprint density at radius 3 is 2.62 bits per heavy atom. The molecule has 0 amide bonds. The summed E-state index contributed by atoms with van der Waals surface area (Å²) >= 11 is 1.76.